The Balaban J connectivity index is 1.55. The van der Waals surface area contributed by atoms with E-state index in [4.69, 9.17) is 11.5 Å². The minimum absolute atomic E-state index is 0.00489. The van der Waals surface area contributed by atoms with E-state index in [9.17, 15) is 48.3 Å². The van der Waals surface area contributed by atoms with Gasteiger partial charge in [-0.05, 0) is 55.7 Å². The Morgan fingerprint density at radius 3 is 2.11 bits per heavy atom. The van der Waals surface area contributed by atoms with E-state index in [1.165, 1.54) is 19.4 Å². The number of nitrogens with one attached hydrogen (secondary N) is 10. The van der Waals surface area contributed by atoms with Crippen LogP contribution < -0.4 is 54.0 Å². The number of benzene rings is 2. The molecule has 3 heterocycles. The fourth-order valence-electron chi connectivity index (χ4n) is 8.37. The number of aliphatic carboxylic acids is 1. The van der Waals surface area contributed by atoms with Gasteiger partial charge in [0.15, 0.2) is 5.96 Å². The third kappa shape index (κ3) is 18.1. The zero-order chi connectivity index (χ0) is 53.6. The van der Waals surface area contributed by atoms with Gasteiger partial charge in [-0.2, -0.15) is 0 Å². The van der Waals surface area contributed by atoms with Crippen LogP contribution in [0, 0.1) is 0 Å². The van der Waals surface area contributed by atoms with Crippen LogP contribution in [0.25, 0.3) is 10.9 Å². The predicted octanol–water partition coefficient (Wildman–Crippen LogP) is -0.649. The molecule has 1 aliphatic heterocycles. The Kier molecular flexibility index (Phi) is 21.9. The molecule has 0 aliphatic carbocycles. The van der Waals surface area contributed by atoms with Gasteiger partial charge in [0.2, 0.25) is 47.3 Å². The van der Waals surface area contributed by atoms with E-state index in [0.29, 0.717) is 29.7 Å². The van der Waals surface area contributed by atoms with Crippen molar-refractivity contribution in [1.29, 1.82) is 0 Å². The second-order valence-corrected chi connectivity index (χ2v) is 18.1. The van der Waals surface area contributed by atoms with E-state index in [-0.39, 0.29) is 76.8 Å². The van der Waals surface area contributed by atoms with Crippen molar-refractivity contribution < 1.29 is 48.3 Å². The SMILES string of the molecule is CCCC[C@H](NC(C)=O)C(=O)N[C@H]1CC(=O)NCCCC[C@@H](C(=O)O)NC(=O)[C@H](Cc2c[nH]c3ccccc23)NC(=O)[C@H](CCCN=C(N)N)NC(=O)C(Cc2ccccc2)NC(=O)C(Cc2cnc[nH]2)NC1=O. The maximum Gasteiger partial charge on any atom is 0.326 e. The van der Waals surface area contributed by atoms with Crippen LogP contribution in [0.15, 0.2) is 78.3 Å². The summed E-state index contributed by atoms with van der Waals surface area (Å²) in [6, 6.07) is 6.21. The van der Waals surface area contributed by atoms with Crippen LogP contribution in [0.2, 0.25) is 0 Å². The number of carbonyl (C=O) groups is 9. The van der Waals surface area contributed by atoms with Gasteiger partial charge in [0.1, 0.15) is 42.3 Å². The number of imidazole rings is 1. The molecule has 0 saturated carbocycles. The van der Waals surface area contributed by atoms with Crippen LogP contribution in [-0.4, -0.2) is 135 Å². The molecule has 7 atom stereocenters. The molecule has 1 fully saturated rings. The maximum atomic E-state index is 14.7. The van der Waals surface area contributed by atoms with Crippen LogP contribution >= 0.6 is 0 Å². The van der Waals surface area contributed by atoms with Crippen LogP contribution in [0.5, 0.6) is 0 Å². The summed E-state index contributed by atoms with van der Waals surface area (Å²) in [7, 11) is 0. The molecule has 2 aromatic heterocycles. The summed E-state index contributed by atoms with van der Waals surface area (Å²) in [6.07, 6.45) is 5.28. The molecule has 2 unspecified atom stereocenters. The lowest BCUT2D eigenvalue weighted by Gasteiger charge is -2.28. The number of rotatable bonds is 17. The largest absolute Gasteiger partial charge is 0.480 e. The number of aromatic nitrogens is 3. The number of aliphatic imine (C=N–C) groups is 1. The molecule has 0 spiro atoms. The lowest BCUT2D eigenvalue weighted by atomic mass is 10.0. The van der Waals surface area contributed by atoms with Gasteiger partial charge in [0, 0.05) is 68.3 Å². The number of nitrogens with zero attached hydrogens (tertiary/aromatic N) is 2. The topological polar surface area (TPSA) is 379 Å². The summed E-state index contributed by atoms with van der Waals surface area (Å²) in [5, 5.41) is 32.3. The van der Waals surface area contributed by atoms with Crippen molar-refractivity contribution in [3.05, 3.63) is 90.1 Å². The normalized spacial score (nSPS) is 21.3. The van der Waals surface area contributed by atoms with Gasteiger partial charge in [-0.25, -0.2) is 9.78 Å². The van der Waals surface area contributed by atoms with E-state index in [2.05, 4.69) is 62.5 Å². The average Bonchev–Trinajstić information content (AvgIpc) is 4.04. The second kappa shape index (κ2) is 28.7. The summed E-state index contributed by atoms with van der Waals surface area (Å²) in [6.45, 7) is 3.19. The van der Waals surface area contributed by atoms with Gasteiger partial charge in [0.05, 0.1) is 12.7 Å². The summed E-state index contributed by atoms with van der Waals surface area (Å²) in [5.74, 6) is -7.80. The highest BCUT2D eigenvalue weighted by Gasteiger charge is 2.35. The molecule has 2 aromatic carbocycles. The molecule has 0 bridgehead atoms. The molecule has 398 valence electrons. The first-order valence-electron chi connectivity index (χ1n) is 24.7. The number of aromatic amines is 2. The van der Waals surface area contributed by atoms with Crippen molar-refractivity contribution in [2.75, 3.05) is 13.1 Å². The molecule has 5 rings (SSSR count). The number of fused-ring (bicyclic) bond motifs is 1. The van der Waals surface area contributed by atoms with E-state index < -0.39 is 102 Å². The van der Waals surface area contributed by atoms with Gasteiger partial charge in [0.25, 0.3) is 0 Å². The molecule has 1 saturated heterocycles. The summed E-state index contributed by atoms with van der Waals surface area (Å²) in [4.78, 5) is 139. The van der Waals surface area contributed by atoms with Crippen molar-refractivity contribution in [2.24, 2.45) is 16.5 Å². The molecule has 24 nitrogen and oxygen atoms in total. The third-order valence-electron chi connectivity index (χ3n) is 12.3. The van der Waals surface area contributed by atoms with Crippen molar-refractivity contribution in [2.45, 2.75) is 133 Å². The highest BCUT2D eigenvalue weighted by atomic mass is 16.4. The van der Waals surface area contributed by atoms with Gasteiger partial charge in [-0.1, -0.05) is 68.3 Å². The van der Waals surface area contributed by atoms with Gasteiger partial charge >= 0.3 is 5.97 Å². The number of amides is 8. The van der Waals surface area contributed by atoms with Crippen molar-refractivity contribution in [1.82, 2.24) is 57.5 Å². The Morgan fingerprint density at radius 1 is 0.784 bits per heavy atom. The van der Waals surface area contributed by atoms with Crippen LogP contribution in [0.3, 0.4) is 0 Å². The number of nitrogens with two attached hydrogens (primary N) is 2. The quantitative estimate of drug-likeness (QED) is 0.0356. The maximum absolute atomic E-state index is 14.7. The van der Waals surface area contributed by atoms with Crippen molar-refractivity contribution in [3.63, 3.8) is 0 Å². The van der Waals surface area contributed by atoms with Crippen LogP contribution in [0.1, 0.15) is 88.5 Å². The summed E-state index contributed by atoms with van der Waals surface area (Å²) in [5.41, 5.74) is 13.5. The molecular weight excluding hydrogens is 957 g/mol. The van der Waals surface area contributed by atoms with E-state index in [1.807, 2.05) is 25.1 Å². The monoisotopic (exact) mass is 1020 g/mol. The molecule has 8 amide bonds. The number of guanidine groups is 1. The number of unbranched alkanes of at least 4 members (excludes halogenated alkanes) is 1. The molecular formula is C50H68N14O10. The van der Waals surface area contributed by atoms with Crippen LogP contribution in [0.4, 0.5) is 0 Å². The highest BCUT2D eigenvalue weighted by Crippen LogP contribution is 2.20. The van der Waals surface area contributed by atoms with Gasteiger partial charge in [-0.3, -0.25) is 43.3 Å². The zero-order valence-corrected chi connectivity index (χ0v) is 41.5. The Morgan fingerprint density at radius 2 is 1.43 bits per heavy atom. The molecule has 24 heteroatoms. The third-order valence-corrected chi connectivity index (χ3v) is 12.3. The van der Waals surface area contributed by atoms with E-state index in [1.54, 1.807) is 42.6 Å². The molecule has 0 radical (unpaired) electrons. The van der Waals surface area contributed by atoms with E-state index in [0.717, 1.165) is 10.9 Å². The fourth-order valence-corrected chi connectivity index (χ4v) is 8.37. The highest BCUT2D eigenvalue weighted by molar-refractivity contribution is 5.99. The summed E-state index contributed by atoms with van der Waals surface area (Å²) < 4.78 is 0. The number of para-hydroxylation sites is 1. The minimum atomic E-state index is -1.59. The van der Waals surface area contributed by atoms with Crippen molar-refractivity contribution in [3.8, 4) is 0 Å². The standard InChI is InChI=1S/C50H68N14O10/c1-3-4-16-35(58-29(2)65)43(67)64-41-25-42(66)54-20-11-10-18-37(49(73)74)60-46(70)39(23-31-26-56-34-17-9-8-15-33(31)34)62-44(68)36(19-12-21-55-50(51)52)59-45(69)38(22-30-13-6-5-7-14-30)61-47(71)40(63-48(41)72)24-32-27-53-28-57-32/h5-9,13-15,17,26-28,35-41,56H,3-4,10-12,16,18-25H2,1-2H3,(H,53,57)(H,54,66)(H,58,65)(H,59,69)(H,60,70)(H,61,71)(H,62,68)(H,63,72)(H,64,67)(H,73,74)(H4,51,52,55)/t35-,36-,37-,38?,39-,40?,41-/m0/s1. The summed E-state index contributed by atoms with van der Waals surface area (Å²) >= 11 is 0. The number of H-pyrrole nitrogens is 2. The number of carboxylic acids is 1. The first-order chi connectivity index (χ1) is 35.5. The number of hydrogen-bond acceptors (Lipinski definition) is 11. The smallest absolute Gasteiger partial charge is 0.326 e. The predicted molar refractivity (Wildman–Crippen MR) is 272 cm³/mol. The molecule has 4 aromatic rings. The Bertz CT molecular complexity index is 2580. The minimum Gasteiger partial charge on any atom is -0.480 e. The Hall–Kier alpha value is -8.31. The number of carbonyl (C=O) groups excluding carboxylic acids is 8. The van der Waals surface area contributed by atoms with E-state index >= 15 is 0 Å². The lowest BCUT2D eigenvalue weighted by Crippen LogP contribution is -2.61. The first kappa shape index (κ1) is 56.6. The Labute approximate surface area is 427 Å². The first-order valence-corrected chi connectivity index (χ1v) is 24.7. The van der Waals surface area contributed by atoms with Crippen LogP contribution in [-0.2, 0) is 62.4 Å². The average molecular weight is 1030 g/mol. The number of carboxylic acid groups (broad SMARTS) is 1. The van der Waals surface area contributed by atoms with Gasteiger partial charge < -0.3 is 69.1 Å². The molecule has 15 N–H and O–H groups in total. The second-order valence-electron chi connectivity index (χ2n) is 18.1. The fraction of sp³-hybridized carbons (Fsp3) is 0.460. The number of hydrogen-bond donors (Lipinski definition) is 13. The van der Waals surface area contributed by atoms with Gasteiger partial charge in [-0.15, -0.1) is 0 Å². The van der Waals surface area contributed by atoms with Crippen molar-refractivity contribution >= 4 is 70.1 Å². The molecule has 1 aliphatic rings. The lowest BCUT2D eigenvalue weighted by molar-refractivity contribution is -0.142. The molecule has 74 heavy (non-hydrogen) atoms. The zero-order valence-electron chi connectivity index (χ0n) is 41.5.